The fraction of sp³-hybridized carbons (Fsp3) is 0.500. The van der Waals surface area contributed by atoms with Gasteiger partial charge in [0.1, 0.15) is 11.6 Å². The number of imidazole rings is 1. The van der Waals surface area contributed by atoms with E-state index in [1.807, 2.05) is 12.3 Å². The molecule has 0 aliphatic heterocycles. The van der Waals surface area contributed by atoms with Crippen LogP contribution < -0.4 is 0 Å². The molecule has 0 atom stereocenters. The maximum Gasteiger partial charge on any atom is 0.144 e. The third kappa shape index (κ3) is 4.16. The van der Waals surface area contributed by atoms with E-state index in [1.54, 1.807) is 12.1 Å². The zero-order valence-electron chi connectivity index (χ0n) is 20.6. The van der Waals surface area contributed by atoms with Gasteiger partial charge in [0.2, 0.25) is 0 Å². The molecule has 0 N–H and O–H groups in total. The first-order valence-electron chi connectivity index (χ1n) is 12.8. The lowest BCUT2D eigenvalue weighted by Gasteiger charge is -2.32. The van der Waals surface area contributed by atoms with Crippen LogP contribution in [-0.2, 0) is 5.41 Å². The highest BCUT2D eigenvalue weighted by atomic mass is 19.1. The lowest BCUT2D eigenvalue weighted by molar-refractivity contribution is 0.371. The molecule has 0 amide bonds. The van der Waals surface area contributed by atoms with Crippen molar-refractivity contribution >= 4 is 0 Å². The molecule has 2 saturated carbocycles. The Hall–Kier alpha value is -2.42. The van der Waals surface area contributed by atoms with E-state index in [2.05, 4.69) is 56.7 Å². The Labute approximate surface area is 198 Å². The van der Waals surface area contributed by atoms with Gasteiger partial charge >= 0.3 is 0 Å². The van der Waals surface area contributed by atoms with Crippen LogP contribution in [0.5, 0.6) is 0 Å². The quantitative estimate of drug-likeness (QED) is 0.372. The van der Waals surface area contributed by atoms with Gasteiger partial charge in [0, 0.05) is 18.0 Å². The molecular formula is C30H37FN2. The summed E-state index contributed by atoms with van der Waals surface area (Å²) in [6.07, 6.45) is 13.1. The van der Waals surface area contributed by atoms with Crippen molar-refractivity contribution in [2.24, 2.45) is 5.92 Å². The normalized spacial score (nSPS) is 17.6. The fourth-order valence-electron chi connectivity index (χ4n) is 5.56. The molecule has 2 aliphatic carbocycles. The van der Waals surface area contributed by atoms with Crippen molar-refractivity contribution in [3.63, 3.8) is 0 Å². The van der Waals surface area contributed by atoms with E-state index < -0.39 is 0 Å². The maximum absolute atomic E-state index is 14.5. The Morgan fingerprint density at radius 3 is 2.24 bits per heavy atom. The van der Waals surface area contributed by atoms with Crippen LogP contribution in [0.25, 0.3) is 17.1 Å². The van der Waals surface area contributed by atoms with Crippen molar-refractivity contribution in [3.8, 4) is 17.1 Å². The lowest BCUT2D eigenvalue weighted by atomic mass is 9.73. The smallest absolute Gasteiger partial charge is 0.144 e. The van der Waals surface area contributed by atoms with Crippen LogP contribution in [-0.4, -0.2) is 9.55 Å². The molecule has 0 radical (unpaired) electrons. The van der Waals surface area contributed by atoms with Gasteiger partial charge in [-0.05, 0) is 83.7 Å². The first kappa shape index (κ1) is 22.4. The molecule has 1 heterocycles. The monoisotopic (exact) mass is 444 g/mol. The summed E-state index contributed by atoms with van der Waals surface area (Å²) in [4.78, 5) is 4.87. The molecular weight excluding hydrogens is 407 g/mol. The van der Waals surface area contributed by atoms with Crippen molar-refractivity contribution in [1.29, 1.82) is 0 Å². The topological polar surface area (TPSA) is 17.8 Å². The van der Waals surface area contributed by atoms with Crippen molar-refractivity contribution in [2.45, 2.75) is 89.9 Å². The SMILES string of the molecule is CC(C)C(C)(C)c1cc(F)ccc1-c1nccn1-c1c(C2CCCCC2)cccc1C1CC1. The largest absolute Gasteiger partial charge is 0.299 e. The second-order valence-electron chi connectivity index (χ2n) is 11.1. The van der Waals surface area contributed by atoms with Crippen LogP contribution in [0.2, 0.25) is 0 Å². The molecule has 0 saturated heterocycles. The van der Waals surface area contributed by atoms with Crippen LogP contribution in [0.3, 0.4) is 0 Å². The van der Waals surface area contributed by atoms with Crippen molar-refractivity contribution in [1.82, 2.24) is 9.55 Å². The molecule has 0 bridgehead atoms. The zero-order valence-corrected chi connectivity index (χ0v) is 20.6. The van der Waals surface area contributed by atoms with Crippen molar-refractivity contribution in [3.05, 3.63) is 71.3 Å². The Balaban J connectivity index is 1.70. The predicted molar refractivity (Wildman–Crippen MR) is 135 cm³/mol. The second kappa shape index (κ2) is 8.74. The second-order valence-corrected chi connectivity index (χ2v) is 11.1. The number of benzene rings is 2. The van der Waals surface area contributed by atoms with Crippen LogP contribution in [0.4, 0.5) is 4.39 Å². The minimum Gasteiger partial charge on any atom is -0.299 e. The lowest BCUT2D eigenvalue weighted by Crippen LogP contribution is -2.26. The molecule has 0 spiro atoms. The molecule has 2 fully saturated rings. The molecule has 2 aromatic carbocycles. The first-order valence-corrected chi connectivity index (χ1v) is 12.8. The van der Waals surface area contributed by atoms with E-state index in [0.29, 0.717) is 17.8 Å². The number of rotatable bonds is 6. The van der Waals surface area contributed by atoms with Gasteiger partial charge in [0.05, 0.1) is 5.69 Å². The van der Waals surface area contributed by atoms with Crippen LogP contribution in [0.15, 0.2) is 48.8 Å². The van der Waals surface area contributed by atoms with Crippen molar-refractivity contribution < 1.29 is 4.39 Å². The van der Waals surface area contributed by atoms with Gasteiger partial charge < -0.3 is 0 Å². The molecule has 5 rings (SSSR count). The third-order valence-electron chi connectivity index (χ3n) is 8.40. The zero-order chi connectivity index (χ0) is 23.2. The van der Waals surface area contributed by atoms with Gasteiger partial charge in [0.25, 0.3) is 0 Å². The van der Waals surface area contributed by atoms with Gasteiger partial charge in [-0.15, -0.1) is 0 Å². The molecule has 2 nitrogen and oxygen atoms in total. The summed E-state index contributed by atoms with van der Waals surface area (Å²) in [6.45, 7) is 8.86. The van der Waals surface area contributed by atoms with E-state index in [4.69, 9.17) is 4.98 Å². The van der Waals surface area contributed by atoms with E-state index in [0.717, 1.165) is 17.0 Å². The van der Waals surface area contributed by atoms with E-state index in [1.165, 1.54) is 61.8 Å². The van der Waals surface area contributed by atoms with Gasteiger partial charge in [-0.3, -0.25) is 4.57 Å². The minimum absolute atomic E-state index is 0.170. The molecule has 33 heavy (non-hydrogen) atoms. The average molecular weight is 445 g/mol. The summed E-state index contributed by atoms with van der Waals surface area (Å²) in [5.74, 6) is 2.39. The third-order valence-corrected chi connectivity index (χ3v) is 8.40. The Bertz CT molecular complexity index is 1130. The van der Waals surface area contributed by atoms with E-state index in [-0.39, 0.29) is 11.2 Å². The standard InChI is InChI=1S/C30H37FN2/c1-20(2)30(3,4)27-19-23(31)15-16-26(27)29-32-17-18-33(29)28-24(21-9-6-5-7-10-21)11-8-12-25(28)22-13-14-22/h8,11-12,15-22H,5-7,9-10,13-14H2,1-4H3. The van der Waals surface area contributed by atoms with Crippen LogP contribution in [0.1, 0.15) is 101 Å². The highest BCUT2D eigenvalue weighted by Gasteiger charge is 2.33. The molecule has 3 aromatic rings. The predicted octanol–water partition coefficient (Wildman–Crippen LogP) is 8.54. The maximum atomic E-state index is 14.5. The highest BCUT2D eigenvalue weighted by molar-refractivity contribution is 5.67. The van der Waals surface area contributed by atoms with Crippen LogP contribution >= 0.6 is 0 Å². The first-order chi connectivity index (χ1) is 15.9. The summed E-state index contributed by atoms with van der Waals surface area (Å²) >= 11 is 0. The Morgan fingerprint density at radius 1 is 0.939 bits per heavy atom. The number of hydrogen-bond donors (Lipinski definition) is 0. The highest BCUT2D eigenvalue weighted by Crippen LogP contribution is 2.47. The number of halogens is 1. The van der Waals surface area contributed by atoms with Gasteiger partial charge in [-0.2, -0.15) is 0 Å². The summed E-state index contributed by atoms with van der Waals surface area (Å²) in [5.41, 5.74) is 6.19. The molecule has 174 valence electrons. The number of aromatic nitrogens is 2. The number of para-hydroxylation sites is 1. The average Bonchev–Trinajstić information content (AvgIpc) is 3.56. The summed E-state index contributed by atoms with van der Waals surface area (Å²) in [6, 6.07) is 12.2. The molecule has 2 aliphatic rings. The fourth-order valence-corrected chi connectivity index (χ4v) is 5.56. The molecule has 0 unspecified atom stereocenters. The number of hydrogen-bond acceptors (Lipinski definition) is 1. The van der Waals surface area contributed by atoms with Crippen molar-refractivity contribution in [2.75, 3.05) is 0 Å². The Morgan fingerprint density at radius 2 is 1.61 bits per heavy atom. The van der Waals surface area contributed by atoms with Gasteiger partial charge in [-0.25, -0.2) is 9.37 Å². The number of nitrogens with zero attached hydrogens (tertiary/aromatic N) is 2. The van der Waals surface area contributed by atoms with E-state index >= 15 is 0 Å². The summed E-state index contributed by atoms with van der Waals surface area (Å²) in [5, 5.41) is 0. The Kier molecular flexibility index (Phi) is 5.93. The summed E-state index contributed by atoms with van der Waals surface area (Å²) < 4.78 is 16.8. The molecule has 3 heteroatoms. The minimum atomic E-state index is -0.179. The van der Waals surface area contributed by atoms with Gasteiger partial charge in [0.15, 0.2) is 0 Å². The molecule has 1 aromatic heterocycles. The van der Waals surface area contributed by atoms with Gasteiger partial charge in [-0.1, -0.05) is 65.2 Å². The van der Waals surface area contributed by atoms with Crippen LogP contribution in [0, 0.1) is 11.7 Å². The summed E-state index contributed by atoms with van der Waals surface area (Å²) in [7, 11) is 0. The van der Waals surface area contributed by atoms with E-state index in [9.17, 15) is 4.39 Å².